The maximum atomic E-state index is 11.7. The Kier molecular flexibility index (Phi) is 7.76. The summed E-state index contributed by atoms with van der Waals surface area (Å²) in [6.07, 6.45) is 0. The van der Waals surface area contributed by atoms with Crippen molar-refractivity contribution in [1.82, 2.24) is 5.32 Å². The predicted molar refractivity (Wildman–Crippen MR) is 106 cm³/mol. The number of halogens is 1. The number of methoxy groups -OCH3 is 1. The molecule has 29 heavy (non-hydrogen) atoms. The molecule has 152 valence electrons. The molecule has 9 heteroatoms. The molecule has 0 amide bonds. The fourth-order valence-electron chi connectivity index (χ4n) is 2.46. The van der Waals surface area contributed by atoms with Crippen LogP contribution < -0.4 is 15.7 Å². The van der Waals surface area contributed by atoms with Crippen LogP contribution in [0.25, 0.3) is 11.0 Å². The number of carboxylic acid groups (broad SMARTS) is 2. The highest BCUT2D eigenvalue weighted by Crippen LogP contribution is 2.22. The molecule has 8 nitrogen and oxygen atoms in total. The van der Waals surface area contributed by atoms with Gasteiger partial charge in [-0.1, -0.05) is 29.8 Å². The third-order valence-corrected chi connectivity index (χ3v) is 4.18. The van der Waals surface area contributed by atoms with Gasteiger partial charge in [-0.3, -0.25) is 0 Å². The van der Waals surface area contributed by atoms with Gasteiger partial charge in [0.15, 0.2) is 0 Å². The van der Waals surface area contributed by atoms with Crippen molar-refractivity contribution in [2.75, 3.05) is 7.11 Å². The average molecular weight is 420 g/mol. The molecule has 0 spiro atoms. The molecule has 0 saturated carbocycles. The highest BCUT2D eigenvalue weighted by molar-refractivity contribution is 6.31. The molecule has 0 atom stereocenters. The molecule has 3 rings (SSSR count). The minimum atomic E-state index is -1.82. The first-order valence-electron chi connectivity index (χ1n) is 8.33. The summed E-state index contributed by atoms with van der Waals surface area (Å²) in [6, 6.07) is 14.6. The first-order valence-corrected chi connectivity index (χ1v) is 8.70. The summed E-state index contributed by atoms with van der Waals surface area (Å²) in [7, 11) is 1.58. The summed E-state index contributed by atoms with van der Waals surface area (Å²) in [5.74, 6) is -2.99. The topological polar surface area (TPSA) is 126 Å². The Hall–Kier alpha value is -3.36. The van der Waals surface area contributed by atoms with Crippen LogP contribution in [0.5, 0.6) is 5.75 Å². The van der Waals surface area contributed by atoms with Gasteiger partial charge in [0, 0.05) is 35.6 Å². The van der Waals surface area contributed by atoms with Gasteiger partial charge in [0.2, 0.25) is 0 Å². The zero-order valence-corrected chi connectivity index (χ0v) is 16.1. The zero-order valence-electron chi connectivity index (χ0n) is 15.3. The van der Waals surface area contributed by atoms with Crippen LogP contribution in [0.4, 0.5) is 0 Å². The summed E-state index contributed by atoms with van der Waals surface area (Å²) in [5, 5.41) is 19.7. The molecule has 0 unspecified atom stereocenters. The molecule has 0 radical (unpaired) electrons. The Morgan fingerprint density at radius 3 is 2.31 bits per heavy atom. The number of carbonyl (C=O) groups is 2. The molecule has 3 aromatic rings. The lowest BCUT2D eigenvalue weighted by molar-refractivity contribution is -0.159. The Labute approximate surface area is 170 Å². The molecule has 0 saturated heterocycles. The Balaban J connectivity index is 0.000000438. The van der Waals surface area contributed by atoms with Gasteiger partial charge in [-0.2, -0.15) is 0 Å². The van der Waals surface area contributed by atoms with E-state index < -0.39 is 11.9 Å². The highest BCUT2D eigenvalue weighted by Gasteiger charge is 2.07. The molecule has 0 fully saturated rings. The number of ether oxygens (including phenoxy) is 1. The molecule has 1 aromatic heterocycles. The van der Waals surface area contributed by atoms with Crippen LogP contribution in [0.1, 0.15) is 11.1 Å². The van der Waals surface area contributed by atoms with E-state index >= 15 is 0 Å². The Morgan fingerprint density at radius 1 is 1.03 bits per heavy atom. The summed E-state index contributed by atoms with van der Waals surface area (Å²) in [4.78, 5) is 29.9. The number of hydrogen-bond donors (Lipinski definition) is 3. The molecule has 1 heterocycles. The fraction of sp³-hybridized carbons (Fsp3) is 0.150. The summed E-state index contributed by atoms with van der Waals surface area (Å²) in [5.41, 5.74) is 2.04. The SMILES string of the molecule is COc1ccc2c(CNCc3ccccc3Cl)cc(=O)oc2c1.O=C(O)C(=O)O. The highest BCUT2D eigenvalue weighted by atomic mass is 35.5. The molecular formula is C20H18ClNO7. The number of aliphatic carboxylic acids is 2. The van der Waals surface area contributed by atoms with E-state index in [0.29, 0.717) is 24.4 Å². The van der Waals surface area contributed by atoms with Crippen LogP contribution in [0.15, 0.2) is 57.7 Å². The van der Waals surface area contributed by atoms with Crippen molar-refractivity contribution in [3.63, 3.8) is 0 Å². The van der Waals surface area contributed by atoms with Gasteiger partial charge < -0.3 is 24.7 Å². The number of fused-ring (bicyclic) bond motifs is 1. The van der Waals surface area contributed by atoms with E-state index in [0.717, 1.165) is 21.5 Å². The van der Waals surface area contributed by atoms with E-state index in [2.05, 4.69) is 5.32 Å². The van der Waals surface area contributed by atoms with Gasteiger partial charge in [0.1, 0.15) is 11.3 Å². The van der Waals surface area contributed by atoms with E-state index in [1.807, 2.05) is 36.4 Å². The standard InChI is InChI=1S/C18H16ClNO3.C2H2O4/c1-22-14-6-7-15-13(8-18(21)23-17(15)9-14)11-20-10-12-4-2-3-5-16(12)19;3-1(4)2(5)6/h2-9,20H,10-11H2,1H3;(H,3,4)(H,5,6). The average Bonchev–Trinajstić information content (AvgIpc) is 2.69. The van der Waals surface area contributed by atoms with Crippen LogP contribution in [-0.2, 0) is 22.7 Å². The fourth-order valence-corrected chi connectivity index (χ4v) is 2.66. The van der Waals surface area contributed by atoms with Crippen LogP contribution in [0.2, 0.25) is 5.02 Å². The maximum absolute atomic E-state index is 11.7. The minimum Gasteiger partial charge on any atom is -0.497 e. The van der Waals surface area contributed by atoms with Gasteiger partial charge >= 0.3 is 17.6 Å². The molecule has 0 aliphatic heterocycles. The quantitative estimate of drug-likeness (QED) is 0.425. The summed E-state index contributed by atoms with van der Waals surface area (Å²) >= 11 is 6.14. The second kappa shape index (κ2) is 10.3. The number of benzene rings is 2. The first-order chi connectivity index (χ1) is 13.8. The molecule has 0 aliphatic carbocycles. The summed E-state index contributed by atoms with van der Waals surface area (Å²) < 4.78 is 10.4. The lowest BCUT2D eigenvalue weighted by Crippen LogP contribution is -2.15. The van der Waals surface area contributed by atoms with E-state index in [-0.39, 0.29) is 5.63 Å². The molecule has 0 bridgehead atoms. The number of nitrogens with one attached hydrogen (secondary N) is 1. The number of hydrogen-bond acceptors (Lipinski definition) is 6. The Bertz CT molecular complexity index is 1070. The van der Waals surface area contributed by atoms with Gasteiger partial charge in [0.25, 0.3) is 0 Å². The van der Waals surface area contributed by atoms with Crippen molar-refractivity contribution in [1.29, 1.82) is 0 Å². The van der Waals surface area contributed by atoms with E-state index in [1.165, 1.54) is 6.07 Å². The molecule has 2 aromatic carbocycles. The predicted octanol–water partition coefficient (Wildman–Crippen LogP) is 2.90. The van der Waals surface area contributed by atoms with Crippen molar-refractivity contribution < 1.29 is 29.0 Å². The number of carboxylic acids is 2. The molecule has 3 N–H and O–H groups in total. The van der Waals surface area contributed by atoms with E-state index in [9.17, 15) is 4.79 Å². The Morgan fingerprint density at radius 2 is 1.69 bits per heavy atom. The third-order valence-electron chi connectivity index (χ3n) is 3.81. The van der Waals surface area contributed by atoms with Crippen molar-refractivity contribution in [2.24, 2.45) is 0 Å². The monoisotopic (exact) mass is 419 g/mol. The van der Waals surface area contributed by atoms with E-state index in [1.54, 1.807) is 13.2 Å². The van der Waals surface area contributed by atoms with Gasteiger partial charge in [-0.25, -0.2) is 14.4 Å². The van der Waals surface area contributed by atoms with Gasteiger partial charge in [0.05, 0.1) is 7.11 Å². The van der Waals surface area contributed by atoms with Crippen LogP contribution in [-0.4, -0.2) is 29.3 Å². The van der Waals surface area contributed by atoms with Crippen LogP contribution in [0, 0.1) is 0 Å². The largest absolute Gasteiger partial charge is 0.497 e. The second-order valence-corrected chi connectivity index (χ2v) is 6.17. The molecular weight excluding hydrogens is 402 g/mol. The van der Waals surface area contributed by atoms with E-state index in [4.69, 9.17) is 40.6 Å². The van der Waals surface area contributed by atoms with Crippen molar-refractivity contribution in [3.05, 3.63) is 75.1 Å². The van der Waals surface area contributed by atoms with Gasteiger partial charge in [-0.15, -0.1) is 0 Å². The minimum absolute atomic E-state index is 0.375. The van der Waals surface area contributed by atoms with Crippen molar-refractivity contribution in [2.45, 2.75) is 13.1 Å². The lowest BCUT2D eigenvalue weighted by atomic mass is 10.1. The van der Waals surface area contributed by atoms with Crippen molar-refractivity contribution >= 4 is 34.5 Å². The normalized spacial score (nSPS) is 10.1. The summed E-state index contributed by atoms with van der Waals surface area (Å²) in [6.45, 7) is 1.16. The lowest BCUT2D eigenvalue weighted by Gasteiger charge is -2.09. The maximum Gasteiger partial charge on any atom is 0.414 e. The molecule has 0 aliphatic rings. The number of rotatable bonds is 5. The van der Waals surface area contributed by atoms with Gasteiger partial charge in [-0.05, 0) is 29.3 Å². The third kappa shape index (κ3) is 6.34. The van der Waals surface area contributed by atoms with Crippen LogP contribution >= 0.6 is 11.6 Å². The second-order valence-electron chi connectivity index (χ2n) is 5.76. The van der Waals surface area contributed by atoms with Crippen molar-refractivity contribution in [3.8, 4) is 5.75 Å². The first kappa shape index (κ1) is 21.9. The zero-order chi connectivity index (χ0) is 21.4. The van der Waals surface area contributed by atoms with Crippen LogP contribution in [0.3, 0.4) is 0 Å². The smallest absolute Gasteiger partial charge is 0.414 e.